The predicted octanol–water partition coefficient (Wildman–Crippen LogP) is 1.53. The first-order valence-electron chi connectivity index (χ1n) is 9.63. The number of hydrogen-bond donors (Lipinski definition) is 2. The molecule has 2 aromatic carbocycles. The highest BCUT2D eigenvalue weighted by atomic mass is 32.2. The second-order valence-corrected chi connectivity index (χ2v) is 8.64. The zero-order valence-electron chi connectivity index (χ0n) is 18.7. The van der Waals surface area contributed by atoms with E-state index in [1.165, 1.54) is 52.7 Å². The Labute approximate surface area is 192 Å². The van der Waals surface area contributed by atoms with Crippen LogP contribution in [0.15, 0.2) is 35.7 Å². The molecule has 0 heterocycles. The predicted molar refractivity (Wildman–Crippen MR) is 121 cm³/mol. The molecule has 0 aliphatic rings. The van der Waals surface area contributed by atoms with Crippen molar-refractivity contribution in [2.75, 3.05) is 35.0 Å². The second-order valence-electron chi connectivity index (χ2n) is 6.75. The number of hydrogen-bond acceptors (Lipinski definition) is 10. The quantitative estimate of drug-likeness (QED) is 0.358. The summed E-state index contributed by atoms with van der Waals surface area (Å²) < 4.78 is 51.6. The molecule has 11 heteroatoms. The number of sulfone groups is 1. The van der Waals surface area contributed by atoms with E-state index >= 15 is 0 Å². The molecule has 0 fully saturated rings. The van der Waals surface area contributed by atoms with Crippen LogP contribution in [0.3, 0.4) is 0 Å². The molecule has 1 unspecified atom stereocenters. The molecule has 0 bridgehead atoms. The Hall–Kier alpha value is -3.28. The van der Waals surface area contributed by atoms with E-state index in [4.69, 9.17) is 34.5 Å². The lowest BCUT2D eigenvalue weighted by molar-refractivity contribution is -0.136. The van der Waals surface area contributed by atoms with Gasteiger partial charge in [0.2, 0.25) is 0 Å². The van der Waals surface area contributed by atoms with Gasteiger partial charge in [-0.2, -0.15) is 0 Å². The first kappa shape index (κ1) is 26.0. The van der Waals surface area contributed by atoms with E-state index in [1.54, 1.807) is 12.1 Å². The molecule has 0 spiro atoms. The number of aliphatic hydroxyl groups is 1. The third-order valence-electron chi connectivity index (χ3n) is 4.50. The molecule has 0 aliphatic carbocycles. The number of methoxy groups -OCH3 is 4. The molecule has 0 aliphatic heterocycles. The second kappa shape index (κ2) is 11.5. The van der Waals surface area contributed by atoms with Crippen LogP contribution in [0.1, 0.15) is 11.1 Å². The van der Waals surface area contributed by atoms with Gasteiger partial charge in [0.1, 0.15) is 23.3 Å². The molecule has 2 aromatic rings. The van der Waals surface area contributed by atoms with Crippen molar-refractivity contribution in [2.45, 2.75) is 11.8 Å². The number of ether oxygens (including phenoxy) is 5. The molecule has 0 saturated heterocycles. The van der Waals surface area contributed by atoms with E-state index in [-0.39, 0.29) is 17.3 Å². The van der Waals surface area contributed by atoms with Crippen molar-refractivity contribution in [3.05, 3.63) is 46.9 Å². The highest BCUT2D eigenvalue weighted by Gasteiger charge is 2.19. The summed E-state index contributed by atoms with van der Waals surface area (Å²) in [4.78, 5) is 11.9. The summed E-state index contributed by atoms with van der Waals surface area (Å²) in [6, 6.07) is 6.34. The van der Waals surface area contributed by atoms with Crippen LogP contribution in [0.2, 0.25) is 0 Å². The van der Waals surface area contributed by atoms with E-state index in [1.807, 2.05) is 0 Å². The molecule has 180 valence electrons. The zero-order valence-corrected chi connectivity index (χ0v) is 19.5. The maximum atomic E-state index is 12.8. The number of rotatable bonds is 11. The smallest absolute Gasteiger partial charge is 0.330 e. The van der Waals surface area contributed by atoms with Crippen LogP contribution in [0.25, 0.3) is 6.08 Å². The average molecular weight is 482 g/mol. The summed E-state index contributed by atoms with van der Waals surface area (Å²) in [5, 5.41) is 10.0. The maximum Gasteiger partial charge on any atom is 0.330 e. The molecule has 0 radical (unpaired) electrons. The van der Waals surface area contributed by atoms with E-state index in [0.717, 1.165) is 5.41 Å². The van der Waals surface area contributed by atoms with E-state index in [9.17, 15) is 13.2 Å². The van der Waals surface area contributed by atoms with Crippen LogP contribution in [0, 0.1) is 0 Å². The molecular weight excluding hydrogens is 454 g/mol. The molecule has 0 amide bonds. The van der Waals surface area contributed by atoms with Gasteiger partial charge in [0.05, 0.1) is 46.4 Å². The molecule has 33 heavy (non-hydrogen) atoms. The van der Waals surface area contributed by atoms with E-state index in [2.05, 4.69) is 0 Å². The Morgan fingerprint density at radius 2 is 1.58 bits per heavy atom. The summed E-state index contributed by atoms with van der Waals surface area (Å²) in [7, 11) is 2.00. The van der Waals surface area contributed by atoms with Crippen LogP contribution in [-0.4, -0.2) is 60.6 Å². The van der Waals surface area contributed by atoms with Crippen LogP contribution in [0.4, 0.5) is 0 Å². The first-order valence-corrected chi connectivity index (χ1v) is 11.3. The Morgan fingerprint density at radius 3 is 2.09 bits per heavy atom. The van der Waals surface area contributed by atoms with Gasteiger partial charge in [0, 0.05) is 17.5 Å². The summed E-state index contributed by atoms with van der Waals surface area (Å²) >= 11 is 0. The fourth-order valence-corrected chi connectivity index (χ4v) is 3.88. The van der Waals surface area contributed by atoms with Gasteiger partial charge in [-0.1, -0.05) is 6.07 Å². The van der Waals surface area contributed by atoms with Crippen molar-refractivity contribution in [3.8, 4) is 28.7 Å². The third kappa shape index (κ3) is 6.85. The van der Waals surface area contributed by atoms with Crippen molar-refractivity contribution < 1.29 is 42.0 Å². The Morgan fingerprint density at radius 1 is 0.970 bits per heavy atom. The number of carbonyl (C=O) groups is 1. The van der Waals surface area contributed by atoms with Gasteiger partial charge in [-0.25, -0.2) is 13.2 Å². The van der Waals surface area contributed by atoms with Crippen molar-refractivity contribution in [2.24, 2.45) is 5.73 Å². The monoisotopic (exact) mass is 481 g/mol. The van der Waals surface area contributed by atoms with Gasteiger partial charge in [0.15, 0.2) is 21.3 Å². The Bertz CT molecular complexity index is 1090. The van der Waals surface area contributed by atoms with Gasteiger partial charge in [-0.15, -0.1) is 0 Å². The summed E-state index contributed by atoms with van der Waals surface area (Å²) in [6.07, 6.45) is 1.37. The summed E-state index contributed by atoms with van der Waals surface area (Å²) in [5.74, 6) is 0.164. The van der Waals surface area contributed by atoms with Gasteiger partial charge in [0.25, 0.3) is 0 Å². The highest BCUT2D eigenvalue weighted by molar-refractivity contribution is 7.93. The molecule has 0 saturated carbocycles. The number of benzene rings is 2. The maximum absolute atomic E-state index is 12.8. The Balaban J connectivity index is 2.32. The highest BCUT2D eigenvalue weighted by Crippen LogP contribution is 2.35. The number of esters is 1. The summed E-state index contributed by atoms with van der Waals surface area (Å²) in [5.41, 5.74) is 6.22. The van der Waals surface area contributed by atoms with Gasteiger partial charge in [-0.05, 0) is 23.8 Å². The van der Waals surface area contributed by atoms with Crippen molar-refractivity contribution in [1.29, 1.82) is 0 Å². The lowest BCUT2D eigenvalue weighted by Gasteiger charge is -2.13. The number of aliphatic hydroxyl groups excluding tert-OH is 1. The Kier molecular flexibility index (Phi) is 9.09. The van der Waals surface area contributed by atoms with Crippen LogP contribution < -0.4 is 29.4 Å². The van der Waals surface area contributed by atoms with Crippen molar-refractivity contribution >= 4 is 21.9 Å². The molecule has 3 N–H and O–H groups in total. The standard InChI is InChI=1S/C22H27NO9S/c1-28-15-10-19(30-3)16(20(11-15)31-4)7-8-33(26,27)13-14-5-6-18(29-2)21(9-14)32-22(25)17(23)12-24/h5-11,17,24H,12-13,23H2,1-4H3. The first-order chi connectivity index (χ1) is 15.7. The van der Waals surface area contributed by atoms with Crippen molar-refractivity contribution in [1.82, 2.24) is 0 Å². The van der Waals surface area contributed by atoms with Crippen molar-refractivity contribution in [3.63, 3.8) is 0 Å². The molecule has 2 rings (SSSR count). The SMILES string of the molecule is COc1cc(OC)c(C=CS(=O)(=O)Cc2ccc(OC)c(OC(=O)C(N)CO)c2)c(OC)c1. The molecular formula is C22H27NO9S. The zero-order chi connectivity index (χ0) is 24.6. The fourth-order valence-electron chi connectivity index (χ4n) is 2.80. The average Bonchev–Trinajstić information content (AvgIpc) is 2.81. The number of nitrogens with two attached hydrogens (primary N) is 1. The number of carbonyl (C=O) groups excluding carboxylic acids is 1. The molecule has 0 aromatic heterocycles. The van der Waals surface area contributed by atoms with Crippen LogP contribution in [0.5, 0.6) is 28.7 Å². The summed E-state index contributed by atoms with van der Waals surface area (Å²) in [6.45, 7) is -0.599. The fraction of sp³-hybridized carbons (Fsp3) is 0.318. The largest absolute Gasteiger partial charge is 0.496 e. The minimum absolute atomic E-state index is 0.0124. The third-order valence-corrected chi connectivity index (χ3v) is 5.79. The normalized spacial score (nSPS) is 12.3. The van der Waals surface area contributed by atoms with E-state index < -0.39 is 28.5 Å². The van der Waals surface area contributed by atoms with Gasteiger partial charge in [-0.3, -0.25) is 0 Å². The minimum atomic E-state index is -3.75. The van der Waals surface area contributed by atoms with Gasteiger partial charge >= 0.3 is 5.97 Å². The lowest BCUT2D eigenvalue weighted by Crippen LogP contribution is -2.37. The molecule has 10 nitrogen and oxygen atoms in total. The topological polar surface area (TPSA) is 144 Å². The van der Waals surface area contributed by atoms with E-state index in [0.29, 0.717) is 28.4 Å². The van der Waals surface area contributed by atoms with Crippen LogP contribution in [-0.2, 0) is 20.4 Å². The van der Waals surface area contributed by atoms with Crippen LogP contribution >= 0.6 is 0 Å². The minimum Gasteiger partial charge on any atom is -0.496 e. The molecule has 1 atom stereocenters. The lowest BCUT2D eigenvalue weighted by atomic mass is 10.1. The van der Waals surface area contributed by atoms with Gasteiger partial charge < -0.3 is 34.5 Å².